The maximum Gasteiger partial charge on any atom is 0.234 e. The summed E-state index contributed by atoms with van der Waals surface area (Å²) in [7, 11) is 1.62. The molecule has 0 bridgehead atoms. The molecular weight excluding hydrogens is 322 g/mol. The van der Waals surface area contributed by atoms with Gasteiger partial charge in [0.25, 0.3) is 0 Å². The summed E-state index contributed by atoms with van der Waals surface area (Å²) in [6, 6.07) is 15.3. The molecule has 3 rings (SSSR count). The highest BCUT2D eigenvalue weighted by atomic mass is 32.2. The molecule has 3 aromatic rings. The second kappa shape index (κ2) is 7.40. The zero-order chi connectivity index (χ0) is 16.9. The van der Waals surface area contributed by atoms with E-state index in [1.807, 2.05) is 48.5 Å². The van der Waals surface area contributed by atoms with Crippen LogP contribution in [0.25, 0.3) is 11.0 Å². The number of aromatic nitrogens is 2. The fourth-order valence-electron chi connectivity index (χ4n) is 2.47. The smallest absolute Gasteiger partial charge is 0.234 e. The van der Waals surface area contributed by atoms with Crippen molar-refractivity contribution in [2.24, 2.45) is 0 Å². The molecule has 0 spiro atoms. The molecule has 124 valence electrons. The molecule has 2 aromatic carbocycles. The Morgan fingerprint density at radius 3 is 2.67 bits per heavy atom. The Balaban J connectivity index is 1.65. The third kappa shape index (κ3) is 3.54. The van der Waals surface area contributed by atoms with Gasteiger partial charge in [-0.2, -0.15) is 0 Å². The van der Waals surface area contributed by atoms with Crippen LogP contribution in [0, 0.1) is 0 Å². The van der Waals surface area contributed by atoms with Crippen molar-refractivity contribution in [1.29, 1.82) is 0 Å². The Kier molecular flexibility index (Phi) is 5.05. The number of anilines is 1. The summed E-state index contributed by atoms with van der Waals surface area (Å²) in [5, 5.41) is 3.75. The van der Waals surface area contributed by atoms with Crippen LogP contribution in [0.5, 0.6) is 5.75 Å². The van der Waals surface area contributed by atoms with E-state index in [0.717, 1.165) is 34.2 Å². The number of rotatable bonds is 6. The zero-order valence-corrected chi connectivity index (χ0v) is 14.5. The molecule has 0 aliphatic rings. The minimum atomic E-state index is -0.0557. The Bertz CT molecular complexity index is 843. The first-order valence-corrected chi connectivity index (χ1v) is 8.71. The van der Waals surface area contributed by atoms with Gasteiger partial charge in [0.05, 0.1) is 23.9 Å². The summed E-state index contributed by atoms with van der Waals surface area (Å²) in [6.07, 6.45) is 0. The number of ether oxygens (including phenoxy) is 1. The van der Waals surface area contributed by atoms with Crippen LogP contribution in [0.4, 0.5) is 5.69 Å². The third-order valence-corrected chi connectivity index (χ3v) is 4.62. The van der Waals surface area contributed by atoms with Crippen molar-refractivity contribution >= 4 is 34.4 Å². The molecular formula is C18H19N3O2S. The fourth-order valence-corrected chi connectivity index (χ4v) is 3.35. The molecule has 1 N–H and O–H groups in total. The monoisotopic (exact) mass is 341 g/mol. The van der Waals surface area contributed by atoms with Gasteiger partial charge in [-0.15, -0.1) is 0 Å². The number of thioether (sulfide) groups is 1. The molecule has 0 fully saturated rings. The molecule has 24 heavy (non-hydrogen) atoms. The molecule has 1 aromatic heterocycles. The normalized spacial score (nSPS) is 10.8. The molecule has 1 amide bonds. The lowest BCUT2D eigenvalue weighted by Crippen LogP contribution is -2.14. The van der Waals surface area contributed by atoms with Gasteiger partial charge >= 0.3 is 0 Å². The number of amides is 1. The van der Waals surface area contributed by atoms with E-state index in [9.17, 15) is 4.79 Å². The number of para-hydroxylation sites is 2. The van der Waals surface area contributed by atoms with E-state index in [2.05, 4.69) is 21.8 Å². The van der Waals surface area contributed by atoms with Gasteiger partial charge in [0.1, 0.15) is 5.75 Å². The van der Waals surface area contributed by atoms with E-state index >= 15 is 0 Å². The molecule has 0 radical (unpaired) electrons. The number of imidazole rings is 1. The van der Waals surface area contributed by atoms with Crippen molar-refractivity contribution in [2.45, 2.75) is 18.6 Å². The predicted octanol–water partition coefficient (Wildman–Crippen LogP) is 3.80. The minimum Gasteiger partial charge on any atom is -0.497 e. The van der Waals surface area contributed by atoms with Crippen LogP contribution in [0.3, 0.4) is 0 Å². The Labute approximate surface area is 145 Å². The van der Waals surface area contributed by atoms with Crippen LogP contribution in [0.15, 0.2) is 53.7 Å². The molecule has 0 saturated carbocycles. The van der Waals surface area contributed by atoms with Crippen molar-refractivity contribution in [3.8, 4) is 5.75 Å². The van der Waals surface area contributed by atoms with Gasteiger partial charge in [-0.3, -0.25) is 4.79 Å². The van der Waals surface area contributed by atoms with Crippen molar-refractivity contribution < 1.29 is 9.53 Å². The first-order chi connectivity index (χ1) is 11.7. The van der Waals surface area contributed by atoms with Crippen molar-refractivity contribution in [3.63, 3.8) is 0 Å². The van der Waals surface area contributed by atoms with Gasteiger partial charge in [0, 0.05) is 12.2 Å². The van der Waals surface area contributed by atoms with E-state index < -0.39 is 0 Å². The molecule has 0 aliphatic carbocycles. The van der Waals surface area contributed by atoms with Gasteiger partial charge in [0.2, 0.25) is 5.91 Å². The number of methoxy groups -OCH3 is 1. The average molecular weight is 341 g/mol. The Hall–Kier alpha value is -2.47. The number of carbonyl (C=O) groups excluding carboxylic acids is 1. The third-order valence-electron chi connectivity index (χ3n) is 3.64. The maximum absolute atomic E-state index is 12.2. The molecule has 0 unspecified atom stereocenters. The quantitative estimate of drug-likeness (QED) is 0.693. The molecule has 0 saturated heterocycles. The largest absolute Gasteiger partial charge is 0.497 e. The van der Waals surface area contributed by atoms with E-state index in [1.54, 1.807) is 7.11 Å². The van der Waals surface area contributed by atoms with Crippen LogP contribution in [0.2, 0.25) is 0 Å². The first-order valence-electron chi connectivity index (χ1n) is 7.73. The standard InChI is InChI=1S/C18H19N3O2S/c1-3-21-16-7-5-4-6-15(16)20-18(21)24-12-17(22)19-13-8-10-14(23-2)11-9-13/h4-11H,3,12H2,1-2H3,(H,19,22). The second-order valence-electron chi connectivity index (χ2n) is 5.19. The Morgan fingerprint density at radius 1 is 1.21 bits per heavy atom. The van der Waals surface area contributed by atoms with Crippen LogP contribution >= 0.6 is 11.8 Å². The number of benzene rings is 2. The van der Waals surface area contributed by atoms with Gasteiger partial charge in [-0.25, -0.2) is 4.98 Å². The lowest BCUT2D eigenvalue weighted by Gasteiger charge is -2.07. The summed E-state index contributed by atoms with van der Waals surface area (Å²) in [5.74, 6) is 1.02. The van der Waals surface area contributed by atoms with Crippen LogP contribution in [-0.4, -0.2) is 28.3 Å². The number of fused-ring (bicyclic) bond motifs is 1. The van der Waals surface area contributed by atoms with Crippen molar-refractivity contribution in [2.75, 3.05) is 18.2 Å². The lowest BCUT2D eigenvalue weighted by molar-refractivity contribution is -0.113. The van der Waals surface area contributed by atoms with E-state index in [-0.39, 0.29) is 5.91 Å². The van der Waals surface area contributed by atoms with Gasteiger partial charge in [0.15, 0.2) is 5.16 Å². The second-order valence-corrected chi connectivity index (χ2v) is 6.14. The summed E-state index contributed by atoms with van der Waals surface area (Å²) >= 11 is 1.45. The van der Waals surface area contributed by atoms with Gasteiger partial charge in [-0.1, -0.05) is 23.9 Å². The predicted molar refractivity (Wildman–Crippen MR) is 97.8 cm³/mol. The topological polar surface area (TPSA) is 56.2 Å². The fraction of sp³-hybridized carbons (Fsp3) is 0.222. The zero-order valence-electron chi connectivity index (χ0n) is 13.7. The maximum atomic E-state index is 12.2. The van der Waals surface area contributed by atoms with E-state index in [1.165, 1.54) is 11.8 Å². The minimum absolute atomic E-state index is 0.0557. The molecule has 5 nitrogen and oxygen atoms in total. The number of hydrogen-bond acceptors (Lipinski definition) is 4. The SMILES string of the molecule is CCn1c(SCC(=O)Nc2ccc(OC)cc2)nc2ccccc21. The van der Waals surface area contributed by atoms with E-state index in [4.69, 9.17) is 4.74 Å². The summed E-state index contributed by atoms with van der Waals surface area (Å²) in [4.78, 5) is 16.8. The van der Waals surface area contributed by atoms with Crippen LogP contribution < -0.4 is 10.1 Å². The highest BCUT2D eigenvalue weighted by Gasteiger charge is 2.11. The van der Waals surface area contributed by atoms with Gasteiger partial charge < -0.3 is 14.6 Å². The number of nitrogens with zero attached hydrogens (tertiary/aromatic N) is 2. The van der Waals surface area contributed by atoms with Crippen molar-refractivity contribution in [1.82, 2.24) is 9.55 Å². The molecule has 1 heterocycles. The summed E-state index contributed by atoms with van der Waals surface area (Å²) < 4.78 is 7.23. The number of aryl methyl sites for hydroxylation is 1. The number of nitrogens with one attached hydrogen (secondary N) is 1. The number of carbonyl (C=O) groups is 1. The van der Waals surface area contributed by atoms with E-state index in [0.29, 0.717) is 5.75 Å². The molecule has 6 heteroatoms. The van der Waals surface area contributed by atoms with Crippen LogP contribution in [-0.2, 0) is 11.3 Å². The molecule has 0 aliphatic heterocycles. The highest BCUT2D eigenvalue weighted by molar-refractivity contribution is 7.99. The van der Waals surface area contributed by atoms with Crippen LogP contribution in [0.1, 0.15) is 6.92 Å². The van der Waals surface area contributed by atoms with Crippen molar-refractivity contribution in [3.05, 3.63) is 48.5 Å². The van der Waals surface area contributed by atoms with Gasteiger partial charge in [-0.05, 0) is 43.3 Å². The average Bonchev–Trinajstić information content (AvgIpc) is 2.98. The summed E-state index contributed by atoms with van der Waals surface area (Å²) in [6.45, 7) is 2.90. The number of hydrogen-bond donors (Lipinski definition) is 1. The molecule has 0 atom stereocenters. The first kappa shape index (κ1) is 16.4. The lowest BCUT2D eigenvalue weighted by atomic mass is 10.3. The summed E-state index contributed by atoms with van der Waals surface area (Å²) in [5.41, 5.74) is 2.81. The Morgan fingerprint density at radius 2 is 1.96 bits per heavy atom. The highest BCUT2D eigenvalue weighted by Crippen LogP contribution is 2.24.